The second-order valence-electron chi connectivity index (χ2n) is 5.73. The molecule has 0 atom stereocenters. The summed E-state index contributed by atoms with van der Waals surface area (Å²) in [6.07, 6.45) is 7.43. The van der Waals surface area contributed by atoms with E-state index in [1.54, 1.807) is 24.3 Å². The van der Waals surface area contributed by atoms with Gasteiger partial charge in [-0.1, -0.05) is 24.3 Å². The van der Waals surface area contributed by atoms with Gasteiger partial charge in [-0.2, -0.15) is 11.8 Å². The lowest BCUT2D eigenvalue weighted by Gasteiger charge is -2.13. The van der Waals surface area contributed by atoms with Crippen LogP contribution in [0.5, 0.6) is 5.75 Å². The first-order valence-electron chi connectivity index (χ1n) is 8.33. The van der Waals surface area contributed by atoms with Gasteiger partial charge in [0.15, 0.2) is 0 Å². The Bertz CT molecular complexity index is 833. The van der Waals surface area contributed by atoms with Crippen molar-refractivity contribution in [3.8, 4) is 5.75 Å². The van der Waals surface area contributed by atoms with Gasteiger partial charge in [0.1, 0.15) is 12.4 Å². The van der Waals surface area contributed by atoms with Crippen LogP contribution < -0.4 is 10.1 Å². The molecule has 0 bridgehead atoms. The molecule has 1 N–H and O–H groups in total. The molecule has 1 amide bonds. The van der Waals surface area contributed by atoms with Crippen molar-refractivity contribution >= 4 is 23.4 Å². The number of para-hydroxylation sites is 2. The summed E-state index contributed by atoms with van der Waals surface area (Å²) in [5, 5.41) is 2.93. The molecular formula is C20H21N3O2S. The number of carbonyl (C=O) groups is 1. The minimum Gasteiger partial charge on any atom is -0.490 e. The fourth-order valence-corrected chi connectivity index (χ4v) is 3.02. The van der Waals surface area contributed by atoms with Crippen LogP contribution in [0.15, 0.2) is 67.3 Å². The highest BCUT2D eigenvalue weighted by Gasteiger charge is 2.10. The van der Waals surface area contributed by atoms with Crippen molar-refractivity contribution in [3.05, 3.63) is 78.4 Å². The molecule has 0 fully saturated rings. The number of rotatable bonds is 8. The smallest absolute Gasteiger partial charge is 0.255 e. The van der Waals surface area contributed by atoms with Crippen LogP contribution in [-0.4, -0.2) is 28.3 Å². The van der Waals surface area contributed by atoms with E-state index in [2.05, 4.69) is 16.6 Å². The van der Waals surface area contributed by atoms with Gasteiger partial charge in [0.2, 0.25) is 0 Å². The van der Waals surface area contributed by atoms with E-state index >= 15 is 0 Å². The maximum atomic E-state index is 12.5. The zero-order valence-corrected chi connectivity index (χ0v) is 15.4. The normalized spacial score (nSPS) is 10.5. The SMILES string of the molecule is CSCc1ccc(C(=O)Nc2ccccc2OCCn2ccnc2)cc1. The minimum absolute atomic E-state index is 0.147. The number of carbonyl (C=O) groups excluding carboxylic acids is 1. The number of hydrogen-bond acceptors (Lipinski definition) is 4. The molecule has 0 aliphatic rings. The van der Waals surface area contributed by atoms with Crippen LogP contribution in [0.3, 0.4) is 0 Å². The Labute approximate surface area is 157 Å². The van der Waals surface area contributed by atoms with Gasteiger partial charge >= 0.3 is 0 Å². The number of amides is 1. The van der Waals surface area contributed by atoms with Crippen molar-refractivity contribution in [2.24, 2.45) is 0 Å². The Morgan fingerprint density at radius 2 is 2.00 bits per heavy atom. The molecule has 2 aromatic carbocycles. The topological polar surface area (TPSA) is 56.1 Å². The van der Waals surface area contributed by atoms with E-state index in [9.17, 15) is 4.79 Å². The molecule has 0 saturated heterocycles. The number of anilines is 1. The zero-order chi connectivity index (χ0) is 18.2. The van der Waals surface area contributed by atoms with Crippen LogP contribution in [0.25, 0.3) is 0 Å². The number of nitrogens with one attached hydrogen (secondary N) is 1. The molecule has 5 nitrogen and oxygen atoms in total. The molecule has 3 aromatic rings. The molecule has 6 heteroatoms. The molecular weight excluding hydrogens is 346 g/mol. The van der Waals surface area contributed by atoms with Crippen molar-refractivity contribution in [2.45, 2.75) is 12.3 Å². The van der Waals surface area contributed by atoms with Gasteiger partial charge < -0.3 is 14.6 Å². The predicted octanol–water partition coefficient (Wildman–Crippen LogP) is 4.08. The number of nitrogens with zero attached hydrogens (tertiary/aromatic N) is 2. The predicted molar refractivity (Wildman–Crippen MR) is 106 cm³/mol. The molecule has 0 unspecified atom stereocenters. The highest BCUT2D eigenvalue weighted by molar-refractivity contribution is 7.97. The van der Waals surface area contributed by atoms with Crippen LogP contribution in [0.1, 0.15) is 15.9 Å². The summed E-state index contributed by atoms with van der Waals surface area (Å²) in [5.74, 6) is 1.45. The third-order valence-corrected chi connectivity index (χ3v) is 4.45. The Morgan fingerprint density at radius 3 is 2.73 bits per heavy atom. The second kappa shape index (κ2) is 9.10. The van der Waals surface area contributed by atoms with Gasteiger partial charge in [-0.15, -0.1) is 0 Å². The first-order valence-corrected chi connectivity index (χ1v) is 9.72. The van der Waals surface area contributed by atoms with E-state index in [1.165, 1.54) is 5.56 Å². The van der Waals surface area contributed by atoms with Crippen molar-refractivity contribution in [1.29, 1.82) is 0 Å². The average molecular weight is 367 g/mol. The highest BCUT2D eigenvalue weighted by atomic mass is 32.2. The van der Waals surface area contributed by atoms with Gasteiger partial charge in [0.05, 0.1) is 18.6 Å². The van der Waals surface area contributed by atoms with Crippen molar-refractivity contribution < 1.29 is 9.53 Å². The summed E-state index contributed by atoms with van der Waals surface area (Å²) >= 11 is 1.76. The van der Waals surface area contributed by atoms with E-state index in [4.69, 9.17) is 4.74 Å². The third-order valence-electron chi connectivity index (χ3n) is 3.83. The van der Waals surface area contributed by atoms with Gasteiger partial charge in [-0.25, -0.2) is 4.98 Å². The van der Waals surface area contributed by atoms with E-state index in [-0.39, 0.29) is 5.91 Å². The van der Waals surface area contributed by atoms with E-state index in [0.29, 0.717) is 30.2 Å². The Kier molecular flexibility index (Phi) is 6.33. The summed E-state index contributed by atoms with van der Waals surface area (Å²) < 4.78 is 7.77. The summed E-state index contributed by atoms with van der Waals surface area (Å²) in [5.41, 5.74) is 2.50. The van der Waals surface area contributed by atoms with E-state index < -0.39 is 0 Å². The van der Waals surface area contributed by atoms with Crippen LogP contribution in [0, 0.1) is 0 Å². The quantitative estimate of drug-likeness (QED) is 0.652. The number of hydrogen-bond donors (Lipinski definition) is 1. The fraction of sp³-hybridized carbons (Fsp3) is 0.200. The Hall–Kier alpha value is -2.73. The number of imidazole rings is 1. The Morgan fingerprint density at radius 1 is 1.19 bits per heavy atom. The lowest BCUT2D eigenvalue weighted by molar-refractivity contribution is 0.102. The summed E-state index contributed by atoms with van der Waals surface area (Å²) in [7, 11) is 0. The van der Waals surface area contributed by atoms with Gasteiger partial charge in [-0.3, -0.25) is 4.79 Å². The molecule has 134 valence electrons. The molecule has 0 spiro atoms. The van der Waals surface area contributed by atoms with Crippen LogP contribution >= 0.6 is 11.8 Å². The lowest BCUT2D eigenvalue weighted by Crippen LogP contribution is -2.14. The maximum absolute atomic E-state index is 12.5. The van der Waals surface area contributed by atoms with Crippen molar-refractivity contribution in [2.75, 3.05) is 18.2 Å². The minimum atomic E-state index is -0.147. The highest BCUT2D eigenvalue weighted by Crippen LogP contribution is 2.24. The van der Waals surface area contributed by atoms with Crippen LogP contribution in [0.4, 0.5) is 5.69 Å². The molecule has 0 aliphatic heterocycles. The molecule has 0 aliphatic carbocycles. The molecule has 1 heterocycles. The summed E-state index contributed by atoms with van der Waals surface area (Å²) in [6, 6.07) is 15.1. The van der Waals surface area contributed by atoms with Gasteiger partial charge in [0.25, 0.3) is 5.91 Å². The summed E-state index contributed by atoms with van der Waals surface area (Å²) in [6.45, 7) is 1.19. The number of thioether (sulfide) groups is 1. The number of benzene rings is 2. The number of aromatic nitrogens is 2. The lowest BCUT2D eigenvalue weighted by atomic mass is 10.1. The van der Waals surface area contributed by atoms with E-state index in [1.807, 2.05) is 59.3 Å². The van der Waals surface area contributed by atoms with E-state index in [0.717, 1.165) is 5.75 Å². The molecule has 0 radical (unpaired) electrons. The summed E-state index contributed by atoms with van der Waals surface area (Å²) in [4.78, 5) is 16.5. The van der Waals surface area contributed by atoms with Crippen LogP contribution in [-0.2, 0) is 12.3 Å². The second-order valence-corrected chi connectivity index (χ2v) is 6.60. The van der Waals surface area contributed by atoms with Crippen molar-refractivity contribution in [1.82, 2.24) is 9.55 Å². The fourth-order valence-electron chi connectivity index (χ4n) is 2.49. The molecule has 0 saturated carbocycles. The monoisotopic (exact) mass is 367 g/mol. The standard InChI is InChI=1S/C20H21N3O2S/c1-26-14-16-6-8-17(9-7-16)20(24)22-18-4-2-3-5-19(18)25-13-12-23-11-10-21-15-23/h2-11,15H,12-14H2,1H3,(H,22,24). The first kappa shape index (κ1) is 18.1. The average Bonchev–Trinajstić information content (AvgIpc) is 3.17. The Balaban J connectivity index is 1.62. The van der Waals surface area contributed by atoms with Gasteiger partial charge in [-0.05, 0) is 36.1 Å². The first-order chi connectivity index (χ1) is 12.8. The molecule has 1 aromatic heterocycles. The third kappa shape index (κ3) is 4.89. The maximum Gasteiger partial charge on any atom is 0.255 e. The van der Waals surface area contributed by atoms with Crippen molar-refractivity contribution in [3.63, 3.8) is 0 Å². The number of ether oxygens (including phenoxy) is 1. The largest absolute Gasteiger partial charge is 0.490 e. The molecule has 3 rings (SSSR count). The van der Waals surface area contributed by atoms with Gasteiger partial charge in [0, 0.05) is 23.7 Å². The zero-order valence-electron chi connectivity index (χ0n) is 14.6. The van der Waals surface area contributed by atoms with Crippen LogP contribution in [0.2, 0.25) is 0 Å². The molecule has 26 heavy (non-hydrogen) atoms.